The maximum atomic E-state index is 12.3. The largest absolute Gasteiger partial charge is 0.490 e. The molecule has 0 aliphatic carbocycles. The van der Waals surface area contributed by atoms with Crippen molar-refractivity contribution < 1.29 is 37.0 Å². The number of carbonyl (C=O) groups excluding carboxylic acids is 1. The Kier molecular flexibility index (Phi) is 6.60. The Balaban J connectivity index is 0.000000298. The first kappa shape index (κ1) is 21.3. The molecular formula is C18H19F3N2O5S. The number of ether oxygens (including phenoxy) is 1. The van der Waals surface area contributed by atoms with Crippen molar-refractivity contribution >= 4 is 23.2 Å². The molecule has 4 heterocycles. The van der Waals surface area contributed by atoms with Crippen molar-refractivity contribution in [3.63, 3.8) is 0 Å². The number of nitrogens with one attached hydrogen (secondary N) is 1. The Labute approximate surface area is 168 Å². The first-order valence-corrected chi connectivity index (χ1v) is 9.66. The Morgan fingerprint density at radius 2 is 2.07 bits per heavy atom. The van der Waals surface area contributed by atoms with Gasteiger partial charge in [0, 0.05) is 47.6 Å². The number of thiophene rings is 1. The van der Waals surface area contributed by atoms with E-state index in [4.69, 9.17) is 19.1 Å². The second kappa shape index (κ2) is 8.97. The molecule has 2 aromatic rings. The SMILES string of the molecule is O=C(N[C@@H]1CN(Cc2ccoc2)[C@@H]2COC[C@@H]21)c1ccsc1.O=C(O)C(F)(F)F. The third-order valence-electron chi connectivity index (χ3n) is 4.82. The van der Waals surface area contributed by atoms with E-state index in [2.05, 4.69) is 10.2 Å². The molecule has 2 aliphatic heterocycles. The lowest BCUT2D eigenvalue weighted by Crippen LogP contribution is -2.41. The van der Waals surface area contributed by atoms with Gasteiger partial charge in [0.15, 0.2) is 0 Å². The highest BCUT2D eigenvalue weighted by Gasteiger charge is 2.45. The number of halogens is 3. The standard InChI is InChI=1S/C16H18N2O3S.C2HF3O2/c19-16(12-2-4-22-10-12)17-14-6-18(5-11-1-3-20-7-11)15-9-21-8-13(14)15;3-2(4,5)1(6)7/h1-4,7,10,13-15H,5-6,8-9H2,(H,17,19);(H,6,7)/t13-,14-,15-;/m1./s1. The molecule has 0 saturated carbocycles. The van der Waals surface area contributed by atoms with Crippen LogP contribution in [-0.4, -0.2) is 59.9 Å². The van der Waals surface area contributed by atoms with Gasteiger partial charge in [0.2, 0.25) is 0 Å². The summed E-state index contributed by atoms with van der Waals surface area (Å²) in [5.74, 6) is -2.37. The lowest BCUT2D eigenvalue weighted by Gasteiger charge is -2.21. The molecule has 2 fully saturated rings. The molecule has 4 rings (SSSR count). The van der Waals surface area contributed by atoms with E-state index in [1.165, 1.54) is 0 Å². The minimum absolute atomic E-state index is 0.0158. The zero-order chi connectivity index (χ0) is 21.0. The van der Waals surface area contributed by atoms with Crippen molar-refractivity contribution in [1.29, 1.82) is 0 Å². The minimum Gasteiger partial charge on any atom is -0.475 e. The van der Waals surface area contributed by atoms with Crippen molar-refractivity contribution in [3.8, 4) is 0 Å². The number of aliphatic carboxylic acids is 1. The van der Waals surface area contributed by atoms with Crippen LogP contribution in [0.1, 0.15) is 15.9 Å². The maximum Gasteiger partial charge on any atom is 0.490 e. The predicted molar refractivity (Wildman–Crippen MR) is 96.5 cm³/mol. The summed E-state index contributed by atoms with van der Waals surface area (Å²) in [4.78, 5) is 23.6. The molecule has 0 radical (unpaired) electrons. The van der Waals surface area contributed by atoms with Crippen LogP contribution in [0, 0.1) is 5.92 Å². The van der Waals surface area contributed by atoms with Crippen LogP contribution < -0.4 is 5.32 Å². The Morgan fingerprint density at radius 1 is 1.31 bits per heavy atom. The number of amides is 1. The van der Waals surface area contributed by atoms with Crippen LogP contribution in [0.4, 0.5) is 13.2 Å². The second-order valence-electron chi connectivity index (χ2n) is 6.72. The van der Waals surface area contributed by atoms with Gasteiger partial charge in [-0.15, -0.1) is 0 Å². The number of furan rings is 1. The first-order valence-electron chi connectivity index (χ1n) is 8.71. The van der Waals surface area contributed by atoms with Gasteiger partial charge >= 0.3 is 12.1 Å². The van der Waals surface area contributed by atoms with Crippen molar-refractivity contribution in [2.75, 3.05) is 19.8 Å². The van der Waals surface area contributed by atoms with Crippen LogP contribution in [0.5, 0.6) is 0 Å². The minimum atomic E-state index is -5.08. The van der Waals surface area contributed by atoms with E-state index in [9.17, 15) is 18.0 Å². The fraction of sp³-hybridized carbons (Fsp3) is 0.444. The average Bonchev–Trinajstić information content (AvgIpc) is 3.43. The van der Waals surface area contributed by atoms with Gasteiger partial charge < -0.3 is 19.6 Å². The maximum absolute atomic E-state index is 12.3. The highest BCUT2D eigenvalue weighted by Crippen LogP contribution is 2.31. The summed E-state index contributed by atoms with van der Waals surface area (Å²) in [6.07, 6.45) is -1.61. The van der Waals surface area contributed by atoms with Crippen LogP contribution >= 0.6 is 11.3 Å². The van der Waals surface area contributed by atoms with Crippen LogP contribution in [0.15, 0.2) is 39.8 Å². The molecule has 0 aromatic carbocycles. The van der Waals surface area contributed by atoms with Crippen LogP contribution in [0.2, 0.25) is 0 Å². The average molecular weight is 432 g/mol. The Bertz CT molecular complexity index is 810. The lowest BCUT2D eigenvalue weighted by atomic mass is 9.99. The summed E-state index contributed by atoms with van der Waals surface area (Å²) in [5, 5.41) is 14.1. The second-order valence-corrected chi connectivity index (χ2v) is 7.50. The number of hydrogen-bond acceptors (Lipinski definition) is 6. The van der Waals surface area contributed by atoms with Crippen LogP contribution in [0.3, 0.4) is 0 Å². The molecule has 0 unspecified atom stereocenters. The van der Waals surface area contributed by atoms with Gasteiger partial charge in [-0.25, -0.2) is 4.79 Å². The fourth-order valence-electron chi connectivity index (χ4n) is 3.44. The topological polar surface area (TPSA) is 92.0 Å². The Hall–Kier alpha value is -2.37. The number of carboxylic acid groups (broad SMARTS) is 1. The number of carboxylic acids is 1. The summed E-state index contributed by atoms with van der Waals surface area (Å²) in [6, 6.07) is 4.37. The van der Waals surface area contributed by atoms with E-state index in [-0.39, 0.29) is 11.9 Å². The zero-order valence-electron chi connectivity index (χ0n) is 15.1. The molecule has 0 spiro atoms. The van der Waals surface area contributed by atoms with E-state index < -0.39 is 12.1 Å². The molecule has 11 heteroatoms. The first-order chi connectivity index (χ1) is 13.8. The molecule has 158 valence electrons. The van der Waals surface area contributed by atoms with Crippen molar-refractivity contribution in [2.24, 2.45) is 5.92 Å². The molecule has 3 atom stereocenters. The van der Waals surface area contributed by atoms with Crippen molar-refractivity contribution in [1.82, 2.24) is 10.2 Å². The third kappa shape index (κ3) is 5.37. The summed E-state index contributed by atoms with van der Waals surface area (Å²) >= 11 is 1.54. The van der Waals surface area contributed by atoms with Gasteiger partial charge in [-0.1, -0.05) is 0 Å². The van der Waals surface area contributed by atoms with Crippen molar-refractivity contribution in [3.05, 3.63) is 46.5 Å². The van der Waals surface area contributed by atoms with Crippen molar-refractivity contribution in [2.45, 2.75) is 24.8 Å². The van der Waals surface area contributed by atoms with Gasteiger partial charge in [0.1, 0.15) is 0 Å². The summed E-state index contributed by atoms with van der Waals surface area (Å²) < 4.78 is 42.5. The van der Waals surface area contributed by atoms with Gasteiger partial charge in [0.05, 0.1) is 25.7 Å². The quantitative estimate of drug-likeness (QED) is 0.772. The molecule has 1 amide bonds. The van der Waals surface area contributed by atoms with E-state index in [1.54, 1.807) is 23.9 Å². The van der Waals surface area contributed by atoms with E-state index in [0.29, 0.717) is 12.0 Å². The smallest absolute Gasteiger partial charge is 0.475 e. The lowest BCUT2D eigenvalue weighted by molar-refractivity contribution is -0.192. The Morgan fingerprint density at radius 3 is 2.66 bits per heavy atom. The fourth-order valence-corrected chi connectivity index (χ4v) is 4.08. The molecule has 2 aliphatic rings. The van der Waals surface area contributed by atoms with E-state index in [0.717, 1.165) is 37.4 Å². The number of nitrogens with zero attached hydrogens (tertiary/aromatic N) is 1. The number of carbonyl (C=O) groups is 2. The van der Waals surface area contributed by atoms with Gasteiger partial charge in [-0.05, 0) is 17.5 Å². The highest BCUT2D eigenvalue weighted by molar-refractivity contribution is 7.08. The molecule has 7 nitrogen and oxygen atoms in total. The molecule has 29 heavy (non-hydrogen) atoms. The summed E-state index contributed by atoms with van der Waals surface area (Å²) in [5.41, 5.74) is 1.91. The summed E-state index contributed by atoms with van der Waals surface area (Å²) in [7, 11) is 0. The number of alkyl halides is 3. The predicted octanol–water partition coefficient (Wildman–Crippen LogP) is 2.60. The monoisotopic (exact) mass is 432 g/mol. The van der Waals surface area contributed by atoms with E-state index in [1.807, 2.05) is 22.9 Å². The van der Waals surface area contributed by atoms with Gasteiger partial charge in [0.25, 0.3) is 5.91 Å². The third-order valence-corrected chi connectivity index (χ3v) is 5.50. The molecule has 2 saturated heterocycles. The van der Waals surface area contributed by atoms with Crippen LogP contribution in [0.25, 0.3) is 0 Å². The zero-order valence-corrected chi connectivity index (χ0v) is 15.9. The van der Waals surface area contributed by atoms with Crippen LogP contribution in [-0.2, 0) is 16.1 Å². The molecule has 2 N–H and O–H groups in total. The number of hydrogen-bond donors (Lipinski definition) is 2. The normalized spacial score (nSPS) is 23.9. The van der Waals surface area contributed by atoms with Gasteiger partial charge in [-0.2, -0.15) is 24.5 Å². The number of rotatable bonds is 4. The summed E-state index contributed by atoms with van der Waals surface area (Å²) in [6.45, 7) is 3.17. The number of likely N-dealkylation sites (tertiary alicyclic amines) is 1. The van der Waals surface area contributed by atoms with Gasteiger partial charge in [-0.3, -0.25) is 9.69 Å². The number of fused-ring (bicyclic) bond motifs is 1. The molecule has 2 aromatic heterocycles. The molecular weight excluding hydrogens is 413 g/mol. The van der Waals surface area contributed by atoms with E-state index >= 15 is 0 Å². The highest BCUT2D eigenvalue weighted by atomic mass is 32.1. The molecule has 0 bridgehead atoms.